The summed E-state index contributed by atoms with van der Waals surface area (Å²) < 4.78 is 25.7. The molecule has 0 aromatic heterocycles. The first kappa shape index (κ1) is 13.8. The lowest BCUT2D eigenvalue weighted by molar-refractivity contribution is 0.452. The van der Waals surface area contributed by atoms with Crippen molar-refractivity contribution in [3.8, 4) is 0 Å². The molecule has 0 aliphatic heterocycles. The molecule has 1 saturated carbocycles. The topological polar surface area (TPSA) is 37.4 Å². The summed E-state index contributed by atoms with van der Waals surface area (Å²) in [6.07, 6.45) is 2.31. The molecule has 1 aliphatic carbocycles. The van der Waals surface area contributed by atoms with Gasteiger partial charge in [-0.15, -0.1) is 11.6 Å². The average Bonchev–Trinajstić information content (AvgIpc) is 3.13. The summed E-state index contributed by atoms with van der Waals surface area (Å²) in [5.74, 6) is 1.09. The zero-order valence-electron chi connectivity index (χ0n) is 10.5. The van der Waals surface area contributed by atoms with E-state index in [9.17, 15) is 8.42 Å². The van der Waals surface area contributed by atoms with Gasteiger partial charge in [-0.25, -0.2) is 12.7 Å². The van der Waals surface area contributed by atoms with Gasteiger partial charge in [0.25, 0.3) is 0 Å². The van der Waals surface area contributed by atoms with Gasteiger partial charge >= 0.3 is 0 Å². The number of sulfonamides is 1. The summed E-state index contributed by atoms with van der Waals surface area (Å²) in [5, 5.41) is 0. The van der Waals surface area contributed by atoms with Crippen molar-refractivity contribution in [3.05, 3.63) is 35.4 Å². The number of hydrogen-bond acceptors (Lipinski definition) is 2. The minimum Gasteiger partial charge on any atom is -0.212 e. The molecule has 0 heterocycles. The van der Waals surface area contributed by atoms with E-state index in [1.165, 1.54) is 4.31 Å². The van der Waals surface area contributed by atoms with Gasteiger partial charge in [0.15, 0.2) is 0 Å². The van der Waals surface area contributed by atoms with Gasteiger partial charge in [0, 0.05) is 19.5 Å². The molecule has 0 spiro atoms. The van der Waals surface area contributed by atoms with Gasteiger partial charge in [0.05, 0.1) is 5.75 Å². The molecular weight excluding hydrogens is 270 g/mol. The summed E-state index contributed by atoms with van der Waals surface area (Å²) in [6, 6.07) is 7.41. The van der Waals surface area contributed by atoms with Crippen molar-refractivity contribution in [1.82, 2.24) is 4.31 Å². The van der Waals surface area contributed by atoms with E-state index in [2.05, 4.69) is 0 Å². The van der Waals surface area contributed by atoms with Crippen LogP contribution in [0.3, 0.4) is 0 Å². The summed E-state index contributed by atoms with van der Waals surface area (Å²) in [7, 11) is -1.52. The fourth-order valence-corrected chi connectivity index (χ4v) is 3.27. The van der Waals surface area contributed by atoms with Crippen LogP contribution in [0.4, 0.5) is 0 Å². The molecule has 1 fully saturated rings. The molecule has 100 valence electrons. The molecule has 0 atom stereocenters. The van der Waals surface area contributed by atoms with Gasteiger partial charge in [-0.05, 0) is 29.9 Å². The highest BCUT2D eigenvalue weighted by Crippen LogP contribution is 2.30. The lowest BCUT2D eigenvalue weighted by Crippen LogP contribution is -2.30. The summed E-state index contributed by atoms with van der Waals surface area (Å²) >= 11 is 5.70. The second kappa shape index (κ2) is 5.59. The highest BCUT2D eigenvalue weighted by Gasteiger charge is 2.28. The highest BCUT2D eigenvalue weighted by molar-refractivity contribution is 7.88. The van der Waals surface area contributed by atoms with Crippen molar-refractivity contribution >= 4 is 21.6 Å². The second-order valence-corrected chi connectivity index (χ2v) is 7.27. The smallest absolute Gasteiger partial charge is 0.212 e. The predicted molar refractivity (Wildman–Crippen MR) is 74.0 cm³/mol. The van der Waals surface area contributed by atoms with E-state index >= 15 is 0 Å². The van der Waals surface area contributed by atoms with Gasteiger partial charge < -0.3 is 0 Å². The zero-order chi connectivity index (χ0) is 13.2. The Hall–Kier alpha value is -0.580. The Bertz CT molecular complexity index is 494. The third-order valence-electron chi connectivity index (χ3n) is 3.21. The van der Waals surface area contributed by atoms with E-state index in [1.807, 2.05) is 24.3 Å². The van der Waals surface area contributed by atoms with Crippen molar-refractivity contribution in [2.24, 2.45) is 5.92 Å². The van der Waals surface area contributed by atoms with Crippen molar-refractivity contribution in [1.29, 1.82) is 0 Å². The normalized spacial score (nSPS) is 16.2. The van der Waals surface area contributed by atoms with E-state index in [0.717, 1.165) is 24.0 Å². The van der Waals surface area contributed by atoms with Crippen LogP contribution in [0.2, 0.25) is 0 Å². The van der Waals surface area contributed by atoms with Gasteiger partial charge in [-0.3, -0.25) is 0 Å². The first-order valence-electron chi connectivity index (χ1n) is 6.09. The van der Waals surface area contributed by atoms with E-state index < -0.39 is 10.0 Å². The van der Waals surface area contributed by atoms with Gasteiger partial charge in [-0.2, -0.15) is 0 Å². The van der Waals surface area contributed by atoms with E-state index in [4.69, 9.17) is 11.6 Å². The Labute approximate surface area is 114 Å². The number of halogens is 1. The predicted octanol–water partition coefficient (Wildman–Crippen LogP) is 2.60. The molecule has 18 heavy (non-hydrogen) atoms. The summed E-state index contributed by atoms with van der Waals surface area (Å²) in [6.45, 7) is 0.655. The molecule has 0 N–H and O–H groups in total. The fourth-order valence-electron chi connectivity index (χ4n) is 1.82. The fraction of sp³-hybridized carbons (Fsp3) is 0.538. The minimum atomic E-state index is -3.19. The van der Waals surface area contributed by atoms with Crippen LogP contribution in [-0.4, -0.2) is 26.3 Å². The molecule has 1 aromatic carbocycles. The highest BCUT2D eigenvalue weighted by atomic mass is 35.5. The molecule has 5 heteroatoms. The van der Waals surface area contributed by atoms with E-state index in [-0.39, 0.29) is 5.75 Å². The molecule has 0 amide bonds. The van der Waals surface area contributed by atoms with Crippen LogP contribution in [0.25, 0.3) is 0 Å². The third kappa shape index (κ3) is 3.70. The van der Waals surface area contributed by atoms with Crippen molar-refractivity contribution in [3.63, 3.8) is 0 Å². The maximum Gasteiger partial charge on any atom is 0.218 e. The van der Waals surface area contributed by atoms with Gasteiger partial charge in [0.1, 0.15) is 0 Å². The SMILES string of the molecule is CN(CC1CC1)S(=O)(=O)Cc1ccc(CCl)cc1. The van der Waals surface area contributed by atoms with Gasteiger partial charge in [-0.1, -0.05) is 24.3 Å². The summed E-state index contributed by atoms with van der Waals surface area (Å²) in [5.41, 5.74) is 1.82. The van der Waals surface area contributed by atoms with Crippen LogP contribution in [0, 0.1) is 5.92 Å². The third-order valence-corrected chi connectivity index (χ3v) is 5.32. The van der Waals surface area contributed by atoms with E-state index in [0.29, 0.717) is 18.3 Å². The second-order valence-electron chi connectivity index (χ2n) is 4.93. The number of alkyl halides is 1. The van der Waals surface area contributed by atoms with Crippen molar-refractivity contribution < 1.29 is 8.42 Å². The van der Waals surface area contributed by atoms with Crippen LogP contribution < -0.4 is 0 Å². The van der Waals surface area contributed by atoms with Crippen LogP contribution in [0.15, 0.2) is 24.3 Å². The molecule has 1 aliphatic rings. The summed E-state index contributed by atoms with van der Waals surface area (Å²) in [4.78, 5) is 0. The first-order chi connectivity index (χ1) is 8.51. The molecule has 2 rings (SSSR count). The zero-order valence-corrected chi connectivity index (χ0v) is 12.0. The lowest BCUT2D eigenvalue weighted by atomic mass is 10.2. The van der Waals surface area contributed by atoms with Crippen LogP contribution in [0.5, 0.6) is 0 Å². The Morgan fingerprint density at radius 2 is 1.78 bits per heavy atom. The number of benzene rings is 1. The minimum absolute atomic E-state index is 0.0682. The van der Waals surface area contributed by atoms with Crippen LogP contribution in [-0.2, 0) is 21.7 Å². The Kier molecular flexibility index (Phi) is 4.30. The molecule has 3 nitrogen and oxygen atoms in total. The van der Waals surface area contributed by atoms with Crippen molar-refractivity contribution in [2.75, 3.05) is 13.6 Å². The molecule has 0 bridgehead atoms. The lowest BCUT2D eigenvalue weighted by Gasteiger charge is -2.16. The number of rotatable bonds is 6. The first-order valence-corrected chi connectivity index (χ1v) is 8.23. The molecular formula is C13H18ClNO2S. The quantitative estimate of drug-likeness (QED) is 0.754. The monoisotopic (exact) mass is 287 g/mol. The van der Waals surface area contributed by atoms with Gasteiger partial charge in [0.2, 0.25) is 10.0 Å². The largest absolute Gasteiger partial charge is 0.218 e. The van der Waals surface area contributed by atoms with Crippen molar-refractivity contribution in [2.45, 2.75) is 24.5 Å². The Morgan fingerprint density at radius 1 is 1.22 bits per heavy atom. The number of hydrogen-bond donors (Lipinski definition) is 0. The maximum atomic E-state index is 12.1. The molecule has 0 radical (unpaired) electrons. The molecule has 1 aromatic rings. The maximum absolute atomic E-state index is 12.1. The van der Waals surface area contributed by atoms with Crippen LogP contribution >= 0.6 is 11.6 Å². The standard InChI is InChI=1S/C13H18ClNO2S/c1-15(9-12-4-5-12)18(16,17)10-13-6-2-11(8-14)3-7-13/h2-3,6-7,12H,4-5,8-10H2,1H3. The average molecular weight is 288 g/mol. The van der Waals surface area contributed by atoms with Crippen LogP contribution in [0.1, 0.15) is 24.0 Å². The number of nitrogens with zero attached hydrogens (tertiary/aromatic N) is 1. The Morgan fingerprint density at radius 3 is 2.28 bits per heavy atom. The molecule has 0 saturated heterocycles. The van der Waals surface area contributed by atoms with E-state index in [1.54, 1.807) is 7.05 Å². The molecule has 0 unspecified atom stereocenters. The Balaban J connectivity index is 2.01.